The Hall–Kier alpha value is -2.24. The molecule has 6 nitrogen and oxygen atoms in total. The predicted molar refractivity (Wildman–Crippen MR) is 61.0 cm³/mol. The molecule has 18 heavy (non-hydrogen) atoms. The molecule has 1 N–H and O–H groups in total. The minimum atomic E-state index is -1.19. The zero-order chi connectivity index (χ0) is 13.4. The van der Waals surface area contributed by atoms with Crippen molar-refractivity contribution in [1.29, 1.82) is 0 Å². The van der Waals surface area contributed by atoms with Gasteiger partial charge in [0.05, 0.1) is 11.1 Å². The second-order valence-corrected chi connectivity index (χ2v) is 4.43. The van der Waals surface area contributed by atoms with Gasteiger partial charge in [0.2, 0.25) is 0 Å². The number of aromatic nitrogens is 1. The number of imide groups is 1. The first-order valence-corrected chi connectivity index (χ1v) is 5.50. The van der Waals surface area contributed by atoms with Crippen molar-refractivity contribution in [2.75, 3.05) is 0 Å². The molecule has 0 aliphatic carbocycles. The van der Waals surface area contributed by atoms with Gasteiger partial charge in [0, 0.05) is 12.4 Å². The molecule has 1 aromatic rings. The van der Waals surface area contributed by atoms with Crippen molar-refractivity contribution in [3.63, 3.8) is 0 Å². The van der Waals surface area contributed by atoms with Gasteiger partial charge in [-0.05, 0) is 12.0 Å². The number of fused-ring (bicyclic) bond motifs is 1. The summed E-state index contributed by atoms with van der Waals surface area (Å²) in [5.74, 6) is -2.71. The van der Waals surface area contributed by atoms with Gasteiger partial charge in [-0.25, -0.2) is 4.79 Å². The van der Waals surface area contributed by atoms with E-state index < -0.39 is 23.8 Å². The highest BCUT2D eigenvalue weighted by Crippen LogP contribution is 2.26. The summed E-state index contributed by atoms with van der Waals surface area (Å²) in [5, 5.41) is 9.16. The number of rotatable bonds is 3. The Labute approximate surface area is 103 Å². The average Bonchev–Trinajstić information content (AvgIpc) is 2.55. The van der Waals surface area contributed by atoms with Crippen LogP contribution in [0.5, 0.6) is 0 Å². The summed E-state index contributed by atoms with van der Waals surface area (Å²) in [6.07, 6.45) is 2.69. The van der Waals surface area contributed by atoms with E-state index in [4.69, 9.17) is 5.11 Å². The standard InChI is InChI=1S/C12H12N2O4/c1-6(2)9(12(17)18)14-10(15)7-3-4-13-5-8(7)11(14)16/h3-6,9H,1-2H3,(H,17,18). The highest BCUT2D eigenvalue weighted by Gasteiger charge is 2.44. The number of hydrogen-bond donors (Lipinski definition) is 1. The quantitative estimate of drug-likeness (QED) is 0.799. The van der Waals surface area contributed by atoms with Crippen molar-refractivity contribution >= 4 is 17.8 Å². The summed E-state index contributed by atoms with van der Waals surface area (Å²) in [6.45, 7) is 3.31. The van der Waals surface area contributed by atoms with Crippen LogP contribution in [0.3, 0.4) is 0 Å². The lowest BCUT2D eigenvalue weighted by Gasteiger charge is -2.25. The Bertz CT molecular complexity index is 504. The zero-order valence-corrected chi connectivity index (χ0v) is 9.95. The first-order valence-electron chi connectivity index (χ1n) is 5.50. The summed E-state index contributed by atoms with van der Waals surface area (Å²) in [6, 6.07) is 0.270. The van der Waals surface area contributed by atoms with E-state index in [1.807, 2.05) is 0 Å². The van der Waals surface area contributed by atoms with E-state index in [0.29, 0.717) is 0 Å². The summed E-state index contributed by atoms with van der Waals surface area (Å²) in [4.78, 5) is 39.9. The molecule has 1 atom stereocenters. The van der Waals surface area contributed by atoms with E-state index in [2.05, 4.69) is 4.98 Å². The summed E-state index contributed by atoms with van der Waals surface area (Å²) in [5.41, 5.74) is 0.372. The number of carboxylic acid groups (broad SMARTS) is 1. The van der Waals surface area contributed by atoms with Crippen molar-refractivity contribution < 1.29 is 19.5 Å². The van der Waals surface area contributed by atoms with Crippen molar-refractivity contribution in [3.05, 3.63) is 29.6 Å². The van der Waals surface area contributed by atoms with Crippen LogP contribution in [-0.2, 0) is 4.79 Å². The molecule has 2 amide bonds. The number of carboxylic acids is 1. The fraction of sp³-hybridized carbons (Fsp3) is 0.333. The molecule has 0 fully saturated rings. The molecule has 1 aliphatic rings. The van der Waals surface area contributed by atoms with Gasteiger partial charge in [-0.15, -0.1) is 0 Å². The maximum Gasteiger partial charge on any atom is 0.327 e. The molecule has 94 valence electrons. The van der Waals surface area contributed by atoms with Gasteiger partial charge < -0.3 is 5.11 Å². The Morgan fingerprint density at radius 2 is 1.89 bits per heavy atom. The summed E-state index contributed by atoms with van der Waals surface area (Å²) in [7, 11) is 0. The van der Waals surface area contributed by atoms with E-state index in [1.165, 1.54) is 18.5 Å². The lowest BCUT2D eigenvalue weighted by atomic mass is 10.0. The summed E-state index contributed by atoms with van der Waals surface area (Å²) >= 11 is 0. The fourth-order valence-corrected chi connectivity index (χ4v) is 2.05. The molecule has 6 heteroatoms. The van der Waals surface area contributed by atoms with Gasteiger partial charge in [-0.2, -0.15) is 0 Å². The van der Waals surface area contributed by atoms with Crippen LogP contribution in [0, 0.1) is 5.92 Å². The van der Waals surface area contributed by atoms with E-state index in [9.17, 15) is 14.4 Å². The van der Waals surface area contributed by atoms with E-state index in [1.54, 1.807) is 13.8 Å². The molecule has 0 spiro atoms. The number of carbonyl (C=O) groups is 3. The molecule has 0 saturated carbocycles. The monoisotopic (exact) mass is 248 g/mol. The maximum atomic E-state index is 12.1. The highest BCUT2D eigenvalue weighted by molar-refractivity contribution is 6.22. The molecule has 1 aromatic heterocycles. The van der Waals surface area contributed by atoms with Gasteiger partial charge in [-0.3, -0.25) is 19.5 Å². The minimum absolute atomic E-state index is 0.161. The molecule has 1 aliphatic heterocycles. The Balaban J connectivity index is 2.47. The zero-order valence-electron chi connectivity index (χ0n) is 9.95. The molecule has 0 bridgehead atoms. The molecule has 2 rings (SSSR count). The van der Waals surface area contributed by atoms with Crippen LogP contribution in [0.4, 0.5) is 0 Å². The Kier molecular flexibility index (Phi) is 2.86. The number of hydrogen-bond acceptors (Lipinski definition) is 4. The lowest BCUT2D eigenvalue weighted by Crippen LogP contribution is -2.47. The molecule has 0 saturated heterocycles. The number of pyridine rings is 1. The first-order chi connectivity index (χ1) is 8.45. The highest BCUT2D eigenvalue weighted by atomic mass is 16.4. The van der Waals surface area contributed by atoms with Crippen LogP contribution < -0.4 is 0 Å². The third kappa shape index (κ3) is 1.66. The summed E-state index contributed by atoms with van der Waals surface area (Å²) < 4.78 is 0. The van der Waals surface area contributed by atoms with Gasteiger partial charge in [0.15, 0.2) is 0 Å². The van der Waals surface area contributed by atoms with E-state index in [-0.39, 0.29) is 17.0 Å². The third-order valence-corrected chi connectivity index (χ3v) is 2.88. The normalized spacial score (nSPS) is 16.1. The molecular weight excluding hydrogens is 236 g/mol. The first kappa shape index (κ1) is 12.2. The number of nitrogens with zero attached hydrogens (tertiary/aromatic N) is 2. The molecule has 2 heterocycles. The Morgan fingerprint density at radius 3 is 2.39 bits per heavy atom. The van der Waals surface area contributed by atoms with Crippen LogP contribution in [0.2, 0.25) is 0 Å². The molecular formula is C12H12N2O4. The topological polar surface area (TPSA) is 87.6 Å². The van der Waals surface area contributed by atoms with Crippen LogP contribution in [0.1, 0.15) is 34.6 Å². The predicted octanol–water partition coefficient (Wildman–Crippen LogP) is 0.787. The van der Waals surface area contributed by atoms with Crippen LogP contribution in [0.15, 0.2) is 18.5 Å². The second kappa shape index (κ2) is 4.21. The fourth-order valence-electron chi connectivity index (χ4n) is 2.05. The third-order valence-electron chi connectivity index (χ3n) is 2.88. The Morgan fingerprint density at radius 1 is 1.28 bits per heavy atom. The average molecular weight is 248 g/mol. The second-order valence-electron chi connectivity index (χ2n) is 4.43. The van der Waals surface area contributed by atoms with Gasteiger partial charge in [0.1, 0.15) is 6.04 Å². The van der Waals surface area contributed by atoms with Crippen LogP contribution in [0.25, 0.3) is 0 Å². The van der Waals surface area contributed by atoms with Crippen molar-refractivity contribution in [1.82, 2.24) is 9.88 Å². The molecule has 1 unspecified atom stereocenters. The molecule has 0 radical (unpaired) electrons. The van der Waals surface area contributed by atoms with Gasteiger partial charge in [-0.1, -0.05) is 13.8 Å². The largest absolute Gasteiger partial charge is 0.480 e. The lowest BCUT2D eigenvalue weighted by molar-refractivity contribution is -0.143. The SMILES string of the molecule is CC(C)C(C(=O)O)N1C(=O)c2ccncc2C1=O. The van der Waals surface area contributed by atoms with Crippen LogP contribution in [-0.4, -0.2) is 38.8 Å². The van der Waals surface area contributed by atoms with Gasteiger partial charge >= 0.3 is 5.97 Å². The van der Waals surface area contributed by atoms with Gasteiger partial charge in [0.25, 0.3) is 11.8 Å². The van der Waals surface area contributed by atoms with Crippen LogP contribution >= 0.6 is 0 Å². The number of amides is 2. The maximum absolute atomic E-state index is 12.1. The van der Waals surface area contributed by atoms with Crippen molar-refractivity contribution in [2.45, 2.75) is 19.9 Å². The number of aliphatic carboxylic acids is 1. The number of carbonyl (C=O) groups excluding carboxylic acids is 2. The molecule has 0 aromatic carbocycles. The van der Waals surface area contributed by atoms with E-state index >= 15 is 0 Å². The smallest absolute Gasteiger partial charge is 0.327 e. The van der Waals surface area contributed by atoms with Crippen molar-refractivity contribution in [3.8, 4) is 0 Å². The van der Waals surface area contributed by atoms with Crippen molar-refractivity contribution in [2.24, 2.45) is 5.92 Å². The minimum Gasteiger partial charge on any atom is -0.480 e. The van der Waals surface area contributed by atoms with E-state index in [0.717, 1.165) is 4.90 Å².